The predicted octanol–water partition coefficient (Wildman–Crippen LogP) is 3.31. The molecule has 2 heterocycles. The highest BCUT2D eigenvalue weighted by Gasteiger charge is 2.33. The van der Waals surface area contributed by atoms with E-state index in [9.17, 15) is 18.0 Å². The molecule has 7 heteroatoms. The highest BCUT2D eigenvalue weighted by molar-refractivity contribution is 5.83. The van der Waals surface area contributed by atoms with Gasteiger partial charge in [0.1, 0.15) is 5.82 Å². The van der Waals surface area contributed by atoms with Crippen molar-refractivity contribution in [1.29, 1.82) is 0 Å². The number of carbonyl (C=O) groups excluding carboxylic acids is 1. The van der Waals surface area contributed by atoms with Gasteiger partial charge in [0, 0.05) is 32.0 Å². The third kappa shape index (κ3) is 3.76. The van der Waals surface area contributed by atoms with Crippen LogP contribution in [-0.2, 0) is 10.9 Å². The fourth-order valence-corrected chi connectivity index (χ4v) is 2.66. The van der Waals surface area contributed by atoms with Gasteiger partial charge in [0.05, 0.1) is 11.1 Å². The van der Waals surface area contributed by atoms with Crippen molar-refractivity contribution in [3.05, 3.63) is 23.4 Å². The van der Waals surface area contributed by atoms with Crippen LogP contribution in [0, 0.1) is 0 Å². The smallest absolute Gasteiger partial charge is 0.381 e. The lowest BCUT2D eigenvalue weighted by Gasteiger charge is -2.35. The number of alkyl halides is 3. The van der Waals surface area contributed by atoms with Gasteiger partial charge >= 0.3 is 6.18 Å². The third-order valence-electron chi connectivity index (χ3n) is 3.72. The molecule has 1 aliphatic heterocycles. The van der Waals surface area contributed by atoms with E-state index in [1.165, 1.54) is 0 Å². The van der Waals surface area contributed by atoms with Gasteiger partial charge in [-0.15, -0.1) is 0 Å². The summed E-state index contributed by atoms with van der Waals surface area (Å²) in [6.07, 6.45) is -0.887. The minimum atomic E-state index is -4.50. The van der Waals surface area contributed by atoms with E-state index in [4.69, 9.17) is 4.74 Å². The van der Waals surface area contributed by atoms with Gasteiger partial charge in [0.15, 0.2) is 6.29 Å². The van der Waals surface area contributed by atoms with Crippen molar-refractivity contribution in [2.45, 2.75) is 38.4 Å². The van der Waals surface area contributed by atoms with Gasteiger partial charge in [-0.25, -0.2) is 4.98 Å². The van der Waals surface area contributed by atoms with Crippen molar-refractivity contribution in [3.63, 3.8) is 0 Å². The Kier molecular flexibility index (Phi) is 5.39. The lowest BCUT2D eigenvalue weighted by atomic mass is 10.1. The van der Waals surface area contributed by atoms with E-state index in [2.05, 4.69) is 4.98 Å². The number of ether oxygens (including phenoxy) is 1. The van der Waals surface area contributed by atoms with E-state index in [-0.39, 0.29) is 11.6 Å². The van der Waals surface area contributed by atoms with Gasteiger partial charge in [-0.3, -0.25) is 4.79 Å². The van der Waals surface area contributed by atoms with Crippen molar-refractivity contribution in [2.75, 3.05) is 24.7 Å². The summed E-state index contributed by atoms with van der Waals surface area (Å²) < 4.78 is 43.6. The molecule has 1 aromatic rings. The molecule has 0 saturated carbocycles. The average molecular weight is 316 g/mol. The van der Waals surface area contributed by atoms with Gasteiger partial charge in [0.2, 0.25) is 0 Å². The number of rotatable bonds is 5. The highest BCUT2D eigenvalue weighted by atomic mass is 19.4. The second kappa shape index (κ2) is 7.09. The molecule has 1 fully saturated rings. The first kappa shape index (κ1) is 16.7. The van der Waals surface area contributed by atoms with E-state index in [0.717, 1.165) is 31.5 Å². The van der Waals surface area contributed by atoms with Crippen LogP contribution in [0.4, 0.5) is 19.0 Å². The summed E-state index contributed by atoms with van der Waals surface area (Å²) in [6.45, 7) is 3.85. The van der Waals surface area contributed by atoms with E-state index >= 15 is 0 Å². The van der Waals surface area contributed by atoms with Gasteiger partial charge in [-0.05, 0) is 25.3 Å². The van der Waals surface area contributed by atoms with Gasteiger partial charge in [-0.1, -0.05) is 6.92 Å². The highest BCUT2D eigenvalue weighted by Crippen LogP contribution is 2.32. The van der Waals surface area contributed by atoms with Crippen LogP contribution in [0.15, 0.2) is 12.3 Å². The summed E-state index contributed by atoms with van der Waals surface area (Å²) in [5.41, 5.74) is -0.920. The number of aldehydes is 1. The van der Waals surface area contributed by atoms with Crippen LogP contribution in [0.5, 0.6) is 0 Å². The molecule has 1 aromatic heterocycles. The number of anilines is 1. The van der Waals surface area contributed by atoms with E-state index < -0.39 is 11.7 Å². The van der Waals surface area contributed by atoms with Gasteiger partial charge in [0.25, 0.3) is 0 Å². The largest absolute Gasteiger partial charge is 0.417 e. The summed E-state index contributed by atoms with van der Waals surface area (Å²) in [4.78, 5) is 17.1. The van der Waals surface area contributed by atoms with Crippen LogP contribution in [0.3, 0.4) is 0 Å². The summed E-state index contributed by atoms with van der Waals surface area (Å²) in [5, 5.41) is 0. The monoisotopic (exact) mass is 316 g/mol. The number of hydrogen-bond donors (Lipinski definition) is 0. The number of carbonyl (C=O) groups is 1. The van der Waals surface area contributed by atoms with Crippen LogP contribution < -0.4 is 4.90 Å². The maximum Gasteiger partial charge on any atom is 0.417 e. The molecule has 0 aliphatic carbocycles. The maximum atomic E-state index is 12.8. The Morgan fingerprint density at radius 2 is 2.09 bits per heavy atom. The van der Waals surface area contributed by atoms with E-state index in [0.29, 0.717) is 31.9 Å². The Bertz CT molecular complexity index is 514. The van der Waals surface area contributed by atoms with Gasteiger partial charge < -0.3 is 9.64 Å². The van der Waals surface area contributed by atoms with E-state index in [1.54, 1.807) is 0 Å². The van der Waals surface area contributed by atoms with Crippen LogP contribution >= 0.6 is 0 Å². The SMILES string of the molecule is CCCN(c1ncc(C(F)(F)F)cc1C=O)C1CCOCC1. The van der Waals surface area contributed by atoms with Crippen LogP contribution in [0.25, 0.3) is 0 Å². The Balaban J connectivity index is 2.35. The molecular formula is C15H19F3N2O2. The summed E-state index contributed by atoms with van der Waals surface area (Å²) in [7, 11) is 0. The molecule has 0 radical (unpaired) electrons. The summed E-state index contributed by atoms with van der Waals surface area (Å²) in [5.74, 6) is 0.330. The Hall–Kier alpha value is -1.63. The van der Waals surface area contributed by atoms with Crippen molar-refractivity contribution in [3.8, 4) is 0 Å². The maximum absolute atomic E-state index is 12.8. The van der Waals surface area contributed by atoms with Crippen LogP contribution in [-0.4, -0.2) is 37.1 Å². The number of pyridine rings is 1. The first-order valence-electron chi connectivity index (χ1n) is 7.34. The predicted molar refractivity (Wildman–Crippen MR) is 76.1 cm³/mol. The van der Waals surface area contributed by atoms with Gasteiger partial charge in [-0.2, -0.15) is 13.2 Å². The zero-order valence-electron chi connectivity index (χ0n) is 12.4. The second-order valence-corrected chi connectivity index (χ2v) is 5.29. The Morgan fingerprint density at radius 3 is 2.64 bits per heavy atom. The quantitative estimate of drug-likeness (QED) is 0.782. The zero-order valence-corrected chi connectivity index (χ0v) is 12.4. The Morgan fingerprint density at radius 1 is 1.41 bits per heavy atom. The molecule has 0 spiro atoms. The molecule has 1 aliphatic rings. The summed E-state index contributed by atoms with van der Waals surface area (Å²) in [6, 6.07) is 1.01. The first-order valence-corrected chi connectivity index (χ1v) is 7.34. The van der Waals surface area contributed by atoms with Crippen molar-refractivity contribution >= 4 is 12.1 Å². The first-order chi connectivity index (χ1) is 10.5. The standard InChI is InChI=1S/C15H19F3N2O2/c1-2-5-20(13-3-6-22-7-4-13)14-11(10-21)8-12(9-19-14)15(16,17)18/h8-10,13H,2-7H2,1H3. The van der Waals surface area contributed by atoms with E-state index in [1.807, 2.05) is 11.8 Å². The number of halogens is 3. The molecule has 1 saturated heterocycles. The molecule has 2 rings (SSSR count). The summed E-state index contributed by atoms with van der Waals surface area (Å²) >= 11 is 0. The third-order valence-corrected chi connectivity index (χ3v) is 3.72. The molecule has 0 bridgehead atoms. The zero-order chi connectivity index (χ0) is 16.2. The fourth-order valence-electron chi connectivity index (χ4n) is 2.66. The average Bonchev–Trinajstić information content (AvgIpc) is 2.52. The number of nitrogens with zero attached hydrogens (tertiary/aromatic N) is 2. The van der Waals surface area contributed by atoms with Crippen molar-refractivity contribution in [2.24, 2.45) is 0 Å². The molecule has 122 valence electrons. The lowest BCUT2D eigenvalue weighted by molar-refractivity contribution is -0.137. The lowest BCUT2D eigenvalue weighted by Crippen LogP contribution is -2.41. The molecule has 0 N–H and O–H groups in total. The molecule has 4 nitrogen and oxygen atoms in total. The number of hydrogen-bond acceptors (Lipinski definition) is 4. The van der Waals surface area contributed by atoms with Crippen LogP contribution in [0.2, 0.25) is 0 Å². The van der Waals surface area contributed by atoms with Crippen molar-refractivity contribution in [1.82, 2.24) is 4.98 Å². The Labute approximate surface area is 127 Å². The normalized spacial score (nSPS) is 16.5. The molecule has 0 aromatic carbocycles. The molecule has 0 unspecified atom stereocenters. The molecular weight excluding hydrogens is 297 g/mol. The molecule has 22 heavy (non-hydrogen) atoms. The second-order valence-electron chi connectivity index (χ2n) is 5.29. The van der Waals surface area contributed by atoms with Crippen molar-refractivity contribution < 1.29 is 22.7 Å². The topological polar surface area (TPSA) is 42.4 Å². The molecule has 0 atom stereocenters. The fraction of sp³-hybridized carbons (Fsp3) is 0.600. The minimum absolute atomic E-state index is 0.0187. The number of aromatic nitrogens is 1. The molecule has 0 amide bonds. The van der Waals surface area contributed by atoms with Crippen LogP contribution in [0.1, 0.15) is 42.1 Å². The minimum Gasteiger partial charge on any atom is -0.381 e.